The van der Waals surface area contributed by atoms with E-state index < -0.39 is 9.84 Å². The second-order valence-corrected chi connectivity index (χ2v) is 7.15. The summed E-state index contributed by atoms with van der Waals surface area (Å²) in [6, 6.07) is 5.02. The van der Waals surface area contributed by atoms with Gasteiger partial charge in [-0.05, 0) is 24.1 Å². The van der Waals surface area contributed by atoms with Crippen LogP contribution < -0.4 is 10.6 Å². The van der Waals surface area contributed by atoms with E-state index in [2.05, 4.69) is 15.6 Å². The first-order chi connectivity index (χ1) is 9.88. The average Bonchev–Trinajstić information content (AvgIpc) is 2.46. The van der Waals surface area contributed by atoms with Gasteiger partial charge in [0.25, 0.3) is 0 Å². The molecule has 5 nitrogen and oxygen atoms in total. The summed E-state index contributed by atoms with van der Waals surface area (Å²) in [5.41, 5.74) is 1.40. The highest BCUT2D eigenvalue weighted by Gasteiger charge is 2.07. The van der Waals surface area contributed by atoms with Crippen LogP contribution in [0.4, 0.5) is 4.39 Å². The summed E-state index contributed by atoms with van der Waals surface area (Å²) in [6.45, 7) is 4.03. The molecule has 0 bridgehead atoms. The molecule has 0 atom stereocenters. The lowest BCUT2D eigenvalue weighted by Crippen LogP contribution is -2.39. The van der Waals surface area contributed by atoms with Crippen molar-refractivity contribution in [2.24, 2.45) is 4.99 Å². The quantitative estimate of drug-likeness (QED) is 0.400. The number of aliphatic imine (C=N–C) groups is 1. The van der Waals surface area contributed by atoms with Gasteiger partial charge < -0.3 is 10.6 Å². The maximum Gasteiger partial charge on any atom is 0.191 e. The van der Waals surface area contributed by atoms with Crippen LogP contribution in [0.15, 0.2) is 23.2 Å². The number of halogens is 2. The summed E-state index contributed by atoms with van der Waals surface area (Å²) in [5, 5.41) is 5.94. The molecule has 2 N–H and O–H groups in total. The standard InChI is InChI=1S/C14H22FN3O2S.HI/c1-4-21(19,20)8-7-17-14(16-3)18-10-12-6-5-11(2)13(15)9-12;/h5-6,9H,4,7-8,10H2,1-3H3,(H2,16,17,18);1H. The van der Waals surface area contributed by atoms with Crippen molar-refractivity contribution in [1.29, 1.82) is 0 Å². The van der Waals surface area contributed by atoms with Gasteiger partial charge in [-0.1, -0.05) is 19.1 Å². The first-order valence-electron chi connectivity index (χ1n) is 6.78. The molecule has 0 aliphatic carbocycles. The molecular formula is C14H23FIN3O2S. The summed E-state index contributed by atoms with van der Waals surface area (Å²) in [7, 11) is -1.40. The highest BCUT2D eigenvalue weighted by molar-refractivity contribution is 14.0. The smallest absolute Gasteiger partial charge is 0.191 e. The molecule has 1 aromatic rings. The van der Waals surface area contributed by atoms with Gasteiger partial charge in [-0.15, -0.1) is 24.0 Å². The lowest BCUT2D eigenvalue weighted by atomic mass is 10.1. The molecular weight excluding hydrogens is 420 g/mol. The first-order valence-corrected chi connectivity index (χ1v) is 8.60. The Morgan fingerprint density at radius 2 is 2.00 bits per heavy atom. The third kappa shape index (κ3) is 7.39. The predicted octanol–water partition coefficient (Wildman–Crippen LogP) is 1.85. The van der Waals surface area contributed by atoms with E-state index in [0.29, 0.717) is 18.1 Å². The van der Waals surface area contributed by atoms with Crippen LogP contribution in [0, 0.1) is 12.7 Å². The molecule has 1 aromatic carbocycles. The van der Waals surface area contributed by atoms with Gasteiger partial charge in [0.05, 0.1) is 5.75 Å². The Balaban J connectivity index is 0.00000441. The van der Waals surface area contributed by atoms with Gasteiger partial charge in [-0.3, -0.25) is 4.99 Å². The van der Waals surface area contributed by atoms with Crippen molar-refractivity contribution in [2.45, 2.75) is 20.4 Å². The zero-order valence-electron chi connectivity index (χ0n) is 13.0. The molecule has 0 aliphatic heterocycles. The molecule has 22 heavy (non-hydrogen) atoms. The zero-order chi connectivity index (χ0) is 15.9. The van der Waals surface area contributed by atoms with Gasteiger partial charge in [0.2, 0.25) is 0 Å². The molecule has 0 aliphatic rings. The molecule has 126 valence electrons. The summed E-state index contributed by atoms with van der Waals surface area (Å²) in [6.07, 6.45) is 0. The van der Waals surface area contributed by atoms with E-state index in [-0.39, 0.29) is 47.8 Å². The Hall–Kier alpha value is -0.900. The van der Waals surface area contributed by atoms with E-state index in [4.69, 9.17) is 0 Å². The van der Waals surface area contributed by atoms with Crippen molar-refractivity contribution in [3.63, 3.8) is 0 Å². The molecule has 0 radical (unpaired) electrons. The number of aryl methyl sites for hydroxylation is 1. The van der Waals surface area contributed by atoms with E-state index in [1.165, 1.54) is 6.07 Å². The Kier molecular flexibility index (Phi) is 9.58. The minimum Gasteiger partial charge on any atom is -0.355 e. The van der Waals surface area contributed by atoms with Crippen LogP contribution in [0.1, 0.15) is 18.1 Å². The third-order valence-electron chi connectivity index (χ3n) is 3.07. The SMILES string of the molecule is CCS(=O)(=O)CCNC(=NC)NCc1ccc(C)c(F)c1.I. The number of nitrogens with zero attached hydrogens (tertiary/aromatic N) is 1. The van der Waals surface area contributed by atoms with Crippen molar-refractivity contribution < 1.29 is 12.8 Å². The molecule has 0 aromatic heterocycles. The van der Waals surface area contributed by atoms with Crippen molar-refractivity contribution in [1.82, 2.24) is 10.6 Å². The Morgan fingerprint density at radius 1 is 1.32 bits per heavy atom. The van der Waals surface area contributed by atoms with Crippen LogP contribution in [0.2, 0.25) is 0 Å². The first kappa shape index (κ1) is 21.1. The lowest BCUT2D eigenvalue weighted by Gasteiger charge is -2.12. The fraction of sp³-hybridized carbons (Fsp3) is 0.500. The molecule has 0 amide bonds. The molecule has 0 unspecified atom stereocenters. The number of hydrogen-bond acceptors (Lipinski definition) is 3. The Morgan fingerprint density at radius 3 is 2.55 bits per heavy atom. The normalized spacial score (nSPS) is 11.7. The van der Waals surface area contributed by atoms with Gasteiger partial charge >= 0.3 is 0 Å². The summed E-state index contributed by atoms with van der Waals surface area (Å²) in [5.74, 6) is 0.431. The molecule has 8 heteroatoms. The van der Waals surface area contributed by atoms with E-state index in [9.17, 15) is 12.8 Å². The molecule has 1 rings (SSSR count). The minimum absolute atomic E-state index is 0. The van der Waals surface area contributed by atoms with Crippen LogP contribution in [0.25, 0.3) is 0 Å². The topological polar surface area (TPSA) is 70.6 Å². The Labute approximate surface area is 148 Å². The maximum absolute atomic E-state index is 13.4. The predicted molar refractivity (Wildman–Crippen MR) is 99.1 cm³/mol. The fourth-order valence-electron chi connectivity index (χ4n) is 1.62. The monoisotopic (exact) mass is 443 g/mol. The van der Waals surface area contributed by atoms with Gasteiger partial charge in [-0.2, -0.15) is 0 Å². The van der Waals surface area contributed by atoms with Gasteiger partial charge in [-0.25, -0.2) is 12.8 Å². The van der Waals surface area contributed by atoms with Crippen LogP contribution in [0.5, 0.6) is 0 Å². The van der Waals surface area contributed by atoms with E-state index in [1.807, 2.05) is 6.07 Å². The largest absolute Gasteiger partial charge is 0.355 e. The molecule has 0 saturated heterocycles. The van der Waals surface area contributed by atoms with E-state index in [0.717, 1.165) is 5.56 Å². The van der Waals surface area contributed by atoms with Crippen molar-refractivity contribution in [3.8, 4) is 0 Å². The second kappa shape index (κ2) is 9.98. The second-order valence-electron chi connectivity index (χ2n) is 4.67. The Bertz CT molecular complexity index is 606. The summed E-state index contributed by atoms with van der Waals surface area (Å²) in [4.78, 5) is 3.99. The van der Waals surface area contributed by atoms with Crippen LogP contribution in [-0.4, -0.2) is 39.5 Å². The van der Waals surface area contributed by atoms with Crippen molar-refractivity contribution in [2.75, 3.05) is 25.1 Å². The number of guanidine groups is 1. The zero-order valence-corrected chi connectivity index (χ0v) is 16.2. The van der Waals surface area contributed by atoms with Gasteiger partial charge in [0, 0.05) is 25.9 Å². The number of hydrogen-bond donors (Lipinski definition) is 2. The summed E-state index contributed by atoms with van der Waals surface area (Å²) < 4.78 is 36.2. The van der Waals surface area contributed by atoms with E-state index in [1.54, 1.807) is 27.0 Å². The van der Waals surface area contributed by atoms with Gasteiger partial charge in [0.15, 0.2) is 15.8 Å². The van der Waals surface area contributed by atoms with Crippen LogP contribution in [0.3, 0.4) is 0 Å². The van der Waals surface area contributed by atoms with E-state index >= 15 is 0 Å². The number of rotatable bonds is 6. The number of nitrogens with one attached hydrogen (secondary N) is 2. The molecule has 0 fully saturated rings. The van der Waals surface area contributed by atoms with Crippen molar-refractivity contribution >= 4 is 39.8 Å². The lowest BCUT2D eigenvalue weighted by molar-refractivity contribution is 0.595. The highest BCUT2D eigenvalue weighted by Crippen LogP contribution is 2.08. The molecule has 0 spiro atoms. The number of sulfone groups is 1. The fourth-order valence-corrected chi connectivity index (χ4v) is 2.32. The van der Waals surface area contributed by atoms with Gasteiger partial charge in [0.1, 0.15) is 5.82 Å². The minimum atomic E-state index is -3.00. The van der Waals surface area contributed by atoms with Crippen LogP contribution >= 0.6 is 24.0 Å². The average molecular weight is 443 g/mol. The summed E-state index contributed by atoms with van der Waals surface area (Å²) >= 11 is 0. The van der Waals surface area contributed by atoms with Crippen LogP contribution in [-0.2, 0) is 16.4 Å². The highest BCUT2D eigenvalue weighted by atomic mass is 127. The third-order valence-corrected chi connectivity index (χ3v) is 4.77. The maximum atomic E-state index is 13.4. The molecule has 0 heterocycles. The number of benzene rings is 1. The van der Waals surface area contributed by atoms with Crippen molar-refractivity contribution in [3.05, 3.63) is 35.1 Å². The molecule has 0 saturated carbocycles.